The van der Waals surface area contributed by atoms with Crippen molar-refractivity contribution in [3.63, 3.8) is 0 Å². The lowest BCUT2D eigenvalue weighted by molar-refractivity contribution is 0.0380. The number of aliphatic hydroxyl groups is 1. The average molecular weight is 234 g/mol. The second kappa shape index (κ2) is 12.3. The standard InChI is InChI=1S/C12H26O2S/c1-2-12(8-7-9-13)14-10-5-3-4-6-11-15/h12-13,15H,2-11H2,1H3. The van der Waals surface area contributed by atoms with Crippen LogP contribution in [0.25, 0.3) is 0 Å². The molecule has 3 heteroatoms. The van der Waals surface area contributed by atoms with Gasteiger partial charge < -0.3 is 9.84 Å². The average Bonchev–Trinajstić information content (AvgIpc) is 2.27. The van der Waals surface area contributed by atoms with Crippen molar-refractivity contribution in [1.29, 1.82) is 0 Å². The van der Waals surface area contributed by atoms with Gasteiger partial charge in [0, 0.05) is 13.2 Å². The van der Waals surface area contributed by atoms with Gasteiger partial charge in [0.05, 0.1) is 6.10 Å². The molecule has 0 fully saturated rings. The topological polar surface area (TPSA) is 29.5 Å². The number of hydrogen-bond acceptors (Lipinski definition) is 3. The Bertz CT molecular complexity index is 120. The van der Waals surface area contributed by atoms with Crippen LogP contribution < -0.4 is 0 Å². The van der Waals surface area contributed by atoms with Crippen LogP contribution in [0.1, 0.15) is 51.9 Å². The first-order valence-electron chi connectivity index (χ1n) is 6.18. The van der Waals surface area contributed by atoms with E-state index in [2.05, 4.69) is 19.6 Å². The van der Waals surface area contributed by atoms with Gasteiger partial charge in [0.25, 0.3) is 0 Å². The summed E-state index contributed by atoms with van der Waals surface area (Å²) < 4.78 is 5.74. The number of aliphatic hydroxyl groups excluding tert-OH is 1. The first kappa shape index (κ1) is 15.3. The molecule has 0 heterocycles. The Morgan fingerprint density at radius 2 is 1.87 bits per heavy atom. The highest BCUT2D eigenvalue weighted by molar-refractivity contribution is 7.80. The van der Waals surface area contributed by atoms with Crippen molar-refractivity contribution >= 4 is 12.6 Å². The Kier molecular flexibility index (Phi) is 12.6. The van der Waals surface area contributed by atoms with Gasteiger partial charge in [-0.15, -0.1) is 0 Å². The van der Waals surface area contributed by atoms with Crippen LogP contribution in [0.2, 0.25) is 0 Å². The van der Waals surface area contributed by atoms with Crippen molar-refractivity contribution in [3.8, 4) is 0 Å². The molecule has 0 aromatic rings. The van der Waals surface area contributed by atoms with Crippen LogP contribution >= 0.6 is 12.6 Å². The molecular formula is C12H26O2S. The molecule has 0 aliphatic carbocycles. The summed E-state index contributed by atoms with van der Waals surface area (Å²) in [6.07, 6.45) is 8.13. The molecule has 0 aromatic carbocycles. The Morgan fingerprint density at radius 1 is 1.13 bits per heavy atom. The van der Waals surface area contributed by atoms with Crippen molar-refractivity contribution in [2.45, 2.75) is 58.0 Å². The summed E-state index contributed by atoms with van der Waals surface area (Å²) in [6.45, 7) is 3.29. The second-order valence-corrected chi connectivity index (χ2v) is 4.35. The smallest absolute Gasteiger partial charge is 0.0573 e. The van der Waals surface area contributed by atoms with E-state index in [1.54, 1.807) is 0 Å². The zero-order valence-electron chi connectivity index (χ0n) is 9.95. The van der Waals surface area contributed by atoms with Gasteiger partial charge in [0.15, 0.2) is 0 Å². The van der Waals surface area contributed by atoms with Crippen LogP contribution in [-0.4, -0.2) is 30.2 Å². The number of unbranched alkanes of at least 4 members (excludes halogenated alkanes) is 3. The van der Waals surface area contributed by atoms with E-state index in [1.807, 2.05) is 0 Å². The molecule has 0 aromatic heterocycles. The normalized spacial score (nSPS) is 13.0. The molecule has 0 rings (SSSR count). The Hall–Kier alpha value is 0.270. The van der Waals surface area contributed by atoms with E-state index < -0.39 is 0 Å². The van der Waals surface area contributed by atoms with Gasteiger partial charge in [-0.2, -0.15) is 12.6 Å². The molecule has 2 nitrogen and oxygen atoms in total. The van der Waals surface area contributed by atoms with E-state index >= 15 is 0 Å². The minimum absolute atomic E-state index is 0.280. The highest BCUT2D eigenvalue weighted by Gasteiger charge is 2.05. The fourth-order valence-corrected chi connectivity index (χ4v) is 1.77. The highest BCUT2D eigenvalue weighted by atomic mass is 32.1. The van der Waals surface area contributed by atoms with Crippen LogP contribution in [0.15, 0.2) is 0 Å². The lowest BCUT2D eigenvalue weighted by atomic mass is 10.1. The second-order valence-electron chi connectivity index (χ2n) is 3.90. The van der Waals surface area contributed by atoms with Gasteiger partial charge in [0.2, 0.25) is 0 Å². The van der Waals surface area contributed by atoms with E-state index in [-0.39, 0.29) is 6.61 Å². The van der Waals surface area contributed by atoms with Gasteiger partial charge in [-0.05, 0) is 37.9 Å². The third kappa shape index (κ3) is 10.6. The minimum atomic E-state index is 0.280. The van der Waals surface area contributed by atoms with Crippen LogP contribution in [0.4, 0.5) is 0 Å². The van der Waals surface area contributed by atoms with E-state index in [4.69, 9.17) is 9.84 Å². The van der Waals surface area contributed by atoms with Crippen LogP contribution in [0, 0.1) is 0 Å². The fourth-order valence-electron chi connectivity index (χ4n) is 1.54. The van der Waals surface area contributed by atoms with Gasteiger partial charge in [-0.3, -0.25) is 0 Å². The fraction of sp³-hybridized carbons (Fsp3) is 1.00. The van der Waals surface area contributed by atoms with Crippen molar-refractivity contribution < 1.29 is 9.84 Å². The number of hydrogen-bond donors (Lipinski definition) is 2. The predicted octanol–water partition coefficient (Wildman–Crippen LogP) is 3.04. The first-order chi connectivity index (χ1) is 7.35. The minimum Gasteiger partial charge on any atom is -0.396 e. The monoisotopic (exact) mass is 234 g/mol. The highest BCUT2D eigenvalue weighted by Crippen LogP contribution is 2.08. The lowest BCUT2D eigenvalue weighted by Gasteiger charge is -2.15. The number of rotatable bonds is 11. The third-order valence-corrected chi connectivity index (χ3v) is 2.86. The summed E-state index contributed by atoms with van der Waals surface area (Å²) in [5.74, 6) is 0.995. The van der Waals surface area contributed by atoms with E-state index in [0.717, 1.165) is 38.0 Å². The zero-order valence-corrected chi connectivity index (χ0v) is 10.8. The van der Waals surface area contributed by atoms with Crippen LogP contribution in [-0.2, 0) is 4.74 Å². The summed E-state index contributed by atoms with van der Waals surface area (Å²) in [6, 6.07) is 0. The van der Waals surface area contributed by atoms with Crippen molar-refractivity contribution in [2.75, 3.05) is 19.0 Å². The first-order valence-corrected chi connectivity index (χ1v) is 6.81. The van der Waals surface area contributed by atoms with Crippen molar-refractivity contribution in [3.05, 3.63) is 0 Å². The van der Waals surface area contributed by atoms with E-state index in [1.165, 1.54) is 19.3 Å². The van der Waals surface area contributed by atoms with Gasteiger partial charge in [-0.1, -0.05) is 19.8 Å². The summed E-state index contributed by atoms with van der Waals surface area (Å²) in [5.41, 5.74) is 0. The SMILES string of the molecule is CCC(CCCO)OCCCCCCS. The van der Waals surface area contributed by atoms with Crippen LogP contribution in [0.5, 0.6) is 0 Å². The Balaban J connectivity index is 3.22. The summed E-state index contributed by atoms with van der Waals surface area (Å²) in [7, 11) is 0. The quantitative estimate of drug-likeness (QED) is 0.425. The Labute approximate surface area is 99.8 Å². The molecule has 0 spiro atoms. The van der Waals surface area contributed by atoms with Crippen LogP contribution in [0.3, 0.4) is 0 Å². The van der Waals surface area contributed by atoms with E-state index in [0.29, 0.717) is 6.10 Å². The maximum absolute atomic E-state index is 8.72. The van der Waals surface area contributed by atoms with Crippen molar-refractivity contribution in [1.82, 2.24) is 0 Å². The molecule has 15 heavy (non-hydrogen) atoms. The molecule has 92 valence electrons. The summed E-state index contributed by atoms with van der Waals surface area (Å²) in [5, 5.41) is 8.72. The molecule has 0 radical (unpaired) electrons. The maximum Gasteiger partial charge on any atom is 0.0573 e. The molecule has 1 unspecified atom stereocenters. The van der Waals surface area contributed by atoms with E-state index in [9.17, 15) is 0 Å². The molecule has 0 aliphatic heterocycles. The van der Waals surface area contributed by atoms with Gasteiger partial charge in [-0.25, -0.2) is 0 Å². The molecule has 0 amide bonds. The zero-order chi connectivity index (χ0) is 11.4. The largest absolute Gasteiger partial charge is 0.396 e. The van der Waals surface area contributed by atoms with Gasteiger partial charge in [0.1, 0.15) is 0 Å². The Morgan fingerprint density at radius 3 is 2.47 bits per heavy atom. The van der Waals surface area contributed by atoms with Crippen molar-refractivity contribution in [2.24, 2.45) is 0 Å². The summed E-state index contributed by atoms with van der Waals surface area (Å²) >= 11 is 4.18. The molecule has 1 N–H and O–H groups in total. The molecule has 1 atom stereocenters. The number of thiol groups is 1. The molecule has 0 saturated carbocycles. The number of ether oxygens (including phenoxy) is 1. The third-order valence-electron chi connectivity index (χ3n) is 2.55. The predicted molar refractivity (Wildman–Crippen MR) is 68.7 cm³/mol. The lowest BCUT2D eigenvalue weighted by Crippen LogP contribution is -2.13. The molecular weight excluding hydrogens is 208 g/mol. The summed E-state index contributed by atoms with van der Waals surface area (Å²) in [4.78, 5) is 0. The molecule has 0 saturated heterocycles. The molecule has 0 aliphatic rings. The maximum atomic E-state index is 8.72. The molecule has 0 bridgehead atoms. The van der Waals surface area contributed by atoms with Gasteiger partial charge >= 0.3 is 0 Å².